The summed E-state index contributed by atoms with van der Waals surface area (Å²) in [5.74, 6) is 0.424. The van der Waals surface area contributed by atoms with E-state index in [1.54, 1.807) is 0 Å². The van der Waals surface area contributed by atoms with E-state index in [4.69, 9.17) is 20.4 Å². The van der Waals surface area contributed by atoms with Crippen molar-refractivity contribution in [2.75, 3.05) is 13.1 Å². The average Bonchev–Trinajstić information content (AvgIpc) is 3.25. The molecule has 3 rings (SSSR count). The highest BCUT2D eigenvalue weighted by atomic mass is 16.5. The van der Waals surface area contributed by atoms with E-state index in [2.05, 4.69) is 10.1 Å². The van der Waals surface area contributed by atoms with Gasteiger partial charge in [-0.15, -0.1) is 0 Å². The highest BCUT2D eigenvalue weighted by Crippen LogP contribution is 2.32. The normalized spacial score (nSPS) is 14.1. The van der Waals surface area contributed by atoms with Crippen LogP contribution in [0, 0.1) is 5.41 Å². The third-order valence-electron chi connectivity index (χ3n) is 4.07. The summed E-state index contributed by atoms with van der Waals surface area (Å²) in [7, 11) is 0. The van der Waals surface area contributed by atoms with Crippen LogP contribution in [0.5, 0.6) is 5.75 Å². The van der Waals surface area contributed by atoms with Gasteiger partial charge in [0.1, 0.15) is 17.3 Å². The number of nitrogens with zero attached hydrogens (tertiary/aromatic N) is 2. The van der Waals surface area contributed by atoms with E-state index in [9.17, 15) is 4.79 Å². The summed E-state index contributed by atoms with van der Waals surface area (Å²) in [5.41, 5.74) is 7.18. The molecule has 1 aliphatic heterocycles. The van der Waals surface area contributed by atoms with Gasteiger partial charge < -0.3 is 19.9 Å². The Labute approximate surface area is 146 Å². The maximum atomic E-state index is 11.2. The molecule has 1 aromatic heterocycles. The number of hydrogen-bond donors (Lipinski definition) is 2. The molecule has 1 amide bonds. The van der Waals surface area contributed by atoms with E-state index >= 15 is 0 Å². The number of hydrogen-bond acceptors (Lipinski definition) is 5. The highest BCUT2D eigenvalue weighted by molar-refractivity contribution is 5.98. The Bertz CT molecular complexity index is 791. The van der Waals surface area contributed by atoms with Gasteiger partial charge in [0, 0.05) is 30.3 Å². The summed E-state index contributed by atoms with van der Waals surface area (Å²) in [6.45, 7) is 5.68. The van der Waals surface area contributed by atoms with Gasteiger partial charge in [-0.3, -0.25) is 10.2 Å². The molecule has 2 aromatic rings. The van der Waals surface area contributed by atoms with E-state index < -0.39 is 5.91 Å². The standard InChI is InChI=1S/C18H22N4O3/c1-11(2)24-15-9-12(17(19)22-7-3-4-8-22)5-6-13(15)14-10-16(18(20)23)25-21-14/h5-6,9-11,19H,3-4,7-8H2,1-2H3,(H2,20,23). The quantitative estimate of drug-likeness (QED) is 0.642. The zero-order valence-corrected chi connectivity index (χ0v) is 14.4. The Hall–Kier alpha value is -2.83. The molecule has 7 heteroatoms. The van der Waals surface area contributed by atoms with Crippen molar-refractivity contribution in [1.82, 2.24) is 10.1 Å². The number of ether oxygens (including phenoxy) is 1. The van der Waals surface area contributed by atoms with Crippen molar-refractivity contribution >= 4 is 11.7 Å². The Morgan fingerprint density at radius 2 is 2.04 bits per heavy atom. The number of benzene rings is 1. The van der Waals surface area contributed by atoms with Crippen LogP contribution in [-0.4, -0.2) is 41.0 Å². The topological polar surface area (TPSA) is 105 Å². The van der Waals surface area contributed by atoms with Gasteiger partial charge in [0.05, 0.1) is 6.10 Å². The van der Waals surface area contributed by atoms with E-state index in [-0.39, 0.29) is 11.9 Å². The molecule has 1 fully saturated rings. The number of rotatable bonds is 5. The predicted molar refractivity (Wildman–Crippen MR) is 93.9 cm³/mol. The average molecular weight is 342 g/mol. The second kappa shape index (κ2) is 6.96. The van der Waals surface area contributed by atoms with Gasteiger partial charge in [0.2, 0.25) is 5.76 Å². The Morgan fingerprint density at radius 3 is 2.64 bits per heavy atom. The first kappa shape index (κ1) is 17.0. The molecule has 1 saturated heterocycles. The lowest BCUT2D eigenvalue weighted by molar-refractivity contribution is 0.0965. The van der Waals surface area contributed by atoms with Gasteiger partial charge in [0.15, 0.2) is 0 Å². The largest absolute Gasteiger partial charge is 0.490 e. The second-order valence-electron chi connectivity index (χ2n) is 6.36. The molecule has 0 unspecified atom stereocenters. The van der Waals surface area contributed by atoms with Crippen molar-refractivity contribution in [3.63, 3.8) is 0 Å². The number of primary amides is 1. The Morgan fingerprint density at radius 1 is 1.32 bits per heavy atom. The molecular formula is C18H22N4O3. The maximum absolute atomic E-state index is 11.2. The molecule has 3 N–H and O–H groups in total. The molecule has 1 aliphatic rings. The Balaban J connectivity index is 1.96. The second-order valence-corrected chi connectivity index (χ2v) is 6.36. The number of likely N-dealkylation sites (tertiary alicyclic amines) is 1. The van der Waals surface area contributed by atoms with Crippen molar-refractivity contribution in [3.05, 3.63) is 35.6 Å². The van der Waals surface area contributed by atoms with Crippen LogP contribution in [0.2, 0.25) is 0 Å². The lowest BCUT2D eigenvalue weighted by Gasteiger charge is -2.20. The number of amides is 1. The molecule has 0 bridgehead atoms. The number of amidine groups is 1. The number of carbonyl (C=O) groups excluding carboxylic acids is 1. The molecule has 132 valence electrons. The molecule has 7 nitrogen and oxygen atoms in total. The number of aromatic nitrogens is 1. The predicted octanol–water partition coefficient (Wildman–Crippen LogP) is 2.65. The molecule has 0 atom stereocenters. The van der Waals surface area contributed by atoms with Crippen molar-refractivity contribution < 1.29 is 14.1 Å². The summed E-state index contributed by atoms with van der Waals surface area (Å²) >= 11 is 0. The Kier molecular flexibility index (Phi) is 4.74. The summed E-state index contributed by atoms with van der Waals surface area (Å²) in [6, 6.07) is 7.03. The molecule has 0 spiro atoms. The SMILES string of the molecule is CC(C)Oc1cc(C(=N)N2CCCC2)ccc1-c1cc(C(N)=O)on1. The first-order valence-electron chi connectivity index (χ1n) is 8.37. The third-order valence-corrected chi connectivity index (χ3v) is 4.07. The van der Waals surface area contributed by atoms with Gasteiger partial charge in [-0.1, -0.05) is 11.2 Å². The fourth-order valence-electron chi connectivity index (χ4n) is 2.87. The van der Waals surface area contributed by atoms with E-state index in [0.717, 1.165) is 31.5 Å². The molecule has 25 heavy (non-hydrogen) atoms. The van der Waals surface area contributed by atoms with Crippen molar-refractivity contribution in [2.24, 2.45) is 5.73 Å². The monoisotopic (exact) mass is 342 g/mol. The van der Waals surface area contributed by atoms with Crippen molar-refractivity contribution in [2.45, 2.75) is 32.8 Å². The van der Waals surface area contributed by atoms with Gasteiger partial charge in [-0.05, 0) is 38.8 Å². The van der Waals surface area contributed by atoms with Crippen LogP contribution in [0.4, 0.5) is 0 Å². The summed E-state index contributed by atoms with van der Waals surface area (Å²) in [4.78, 5) is 13.3. The van der Waals surface area contributed by atoms with Crippen molar-refractivity contribution in [3.8, 4) is 17.0 Å². The zero-order chi connectivity index (χ0) is 18.0. The fourth-order valence-corrected chi connectivity index (χ4v) is 2.87. The summed E-state index contributed by atoms with van der Waals surface area (Å²) < 4.78 is 10.9. The molecule has 1 aromatic carbocycles. The van der Waals surface area contributed by atoms with Crippen LogP contribution in [0.3, 0.4) is 0 Å². The van der Waals surface area contributed by atoms with E-state index in [1.165, 1.54) is 6.07 Å². The van der Waals surface area contributed by atoms with Gasteiger partial charge in [-0.25, -0.2) is 0 Å². The van der Waals surface area contributed by atoms with Gasteiger partial charge >= 0.3 is 0 Å². The molecular weight excluding hydrogens is 320 g/mol. The number of nitrogens with two attached hydrogens (primary N) is 1. The van der Waals surface area contributed by atoms with Gasteiger partial charge in [-0.2, -0.15) is 0 Å². The maximum Gasteiger partial charge on any atom is 0.287 e. The summed E-state index contributed by atoms with van der Waals surface area (Å²) in [6.07, 6.45) is 2.19. The zero-order valence-electron chi connectivity index (χ0n) is 14.4. The first-order chi connectivity index (χ1) is 12.0. The van der Waals surface area contributed by atoms with Crippen LogP contribution in [0.25, 0.3) is 11.3 Å². The molecule has 0 saturated carbocycles. The van der Waals surface area contributed by atoms with Crippen LogP contribution in [-0.2, 0) is 0 Å². The number of carbonyl (C=O) groups is 1. The third kappa shape index (κ3) is 3.65. The van der Waals surface area contributed by atoms with Crippen LogP contribution in [0.1, 0.15) is 42.8 Å². The minimum Gasteiger partial charge on any atom is -0.490 e. The smallest absolute Gasteiger partial charge is 0.287 e. The van der Waals surface area contributed by atoms with Crippen LogP contribution < -0.4 is 10.5 Å². The van der Waals surface area contributed by atoms with Gasteiger partial charge in [0.25, 0.3) is 5.91 Å². The van der Waals surface area contributed by atoms with Crippen LogP contribution >= 0.6 is 0 Å². The molecule has 0 aliphatic carbocycles. The lowest BCUT2D eigenvalue weighted by Crippen LogP contribution is -2.27. The summed E-state index contributed by atoms with van der Waals surface area (Å²) in [5, 5.41) is 12.3. The molecule has 2 heterocycles. The van der Waals surface area contributed by atoms with E-state index in [1.807, 2.05) is 32.0 Å². The fraction of sp³-hybridized carbons (Fsp3) is 0.389. The minimum absolute atomic E-state index is 0.000571. The lowest BCUT2D eigenvalue weighted by atomic mass is 10.1. The number of nitrogens with one attached hydrogen (secondary N) is 1. The highest BCUT2D eigenvalue weighted by Gasteiger charge is 2.20. The first-order valence-corrected chi connectivity index (χ1v) is 8.37. The minimum atomic E-state index is -0.669. The van der Waals surface area contributed by atoms with Crippen molar-refractivity contribution in [1.29, 1.82) is 5.41 Å². The van der Waals surface area contributed by atoms with E-state index in [0.29, 0.717) is 22.8 Å². The molecule has 0 radical (unpaired) electrons. The van der Waals surface area contributed by atoms with Crippen LogP contribution in [0.15, 0.2) is 28.8 Å².